The Labute approximate surface area is 192 Å². The first-order valence-corrected chi connectivity index (χ1v) is 10.7. The van der Waals surface area contributed by atoms with Gasteiger partial charge in [-0.2, -0.15) is 5.10 Å². The maximum atomic E-state index is 9.14. The zero-order valence-corrected chi connectivity index (χ0v) is 19.0. The molecule has 0 radical (unpaired) electrons. The largest absolute Gasteiger partial charge is 0.497 e. The zero-order valence-electron chi connectivity index (χ0n) is 19.0. The van der Waals surface area contributed by atoms with Crippen molar-refractivity contribution in [3.63, 3.8) is 0 Å². The summed E-state index contributed by atoms with van der Waals surface area (Å²) in [6.45, 7) is 1.64. The normalized spacial score (nSPS) is 11.0. The minimum atomic E-state index is -0.0569. The summed E-state index contributed by atoms with van der Waals surface area (Å²) in [6, 6.07) is 11.7. The molecule has 2 aromatic carbocycles. The number of aryl methyl sites for hydroxylation is 1. The van der Waals surface area contributed by atoms with E-state index in [0.717, 1.165) is 40.2 Å². The fraction of sp³-hybridized carbons (Fsp3) is 0.292. The molecule has 0 saturated heterocycles. The quantitative estimate of drug-likeness (QED) is 0.382. The number of aliphatic hydroxyl groups excluding tert-OH is 1. The van der Waals surface area contributed by atoms with Crippen molar-refractivity contribution in [2.24, 2.45) is 7.05 Å². The third kappa shape index (κ3) is 5.21. The van der Waals surface area contributed by atoms with Gasteiger partial charge in [0.05, 0.1) is 42.8 Å². The monoisotopic (exact) mass is 448 g/mol. The number of likely N-dealkylation sites (N-methyl/N-ethyl adjacent to an activating group) is 1. The fourth-order valence-electron chi connectivity index (χ4n) is 3.57. The molecule has 9 heteroatoms. The molecule has 9 nitrogen and oxygen atoms in total. The first-order chi connectivity index (χ1) is 16.1. The SMILES string of the molecule is CNCCN(c1cc(OC)cc(OCCO)c1)c1ccc2ncc(-c3cnn(C)c3)nc2c1. The first kappa shape index (κ1) is 22.5. The van der Waals surface area contributed by atoms with E-state index in [0.29, 0.717) is 18.0 Å². The van der Waals surface area contributed by atoms with Crippen LogP contribution in [0.3, 0.4) is 0 Å². The molecule has 33 heavy (non-hydrogen) atoms. The molecule has 4 aromatic rings. The molecule has 0 unspecified atom stereocenters. The van der Waals surface area contributed by atoms with Crippen molar-refractivity contribution in [1.29, 1.82) is 0 Å². The molecule has 0 aliphatic carbocycles. The average Bonchev–Trinajstić information content (AvgIpc) is 3.28. The predicted molar refractivity (Wildman–Crippen MR) is 128 cm³/mol. The molecule has 0 amide bonds. The second-order valence-corrected chi connectivity index (χ2v) is 7.52. The number of anilines is 2. The summed E-state index contributed by atoms with van der Waals surface area (Å²) < 4.78 is 12.9. The van der Waals surface area contributed by atoms with Crippen LogP contribution in [0.25, 0.3) is 22.3 Å². The summed E-state index contributed by atoms with van der Waals surface area (Å²) in [5.74, 6) is 1.31. The maximum Gasteiger partial charge on any atom is 0.125 e. The van der Waals surface area contributed by atoms with Crippen molar-refractivity contribution in [3.05, 3.63) is 55.0 Å². The van der Waals surface area contributed by atoms with Gasteiger partial charge in [-0.3, -0.25) is 9.67 Å². The highest BCUT2D eigenvalue weighted by atomic mass is 16.5. The van der Waals surface area contributed by atoms with Gasteiger partial charge in [-0.05, 0) is 25.2 Å². The molecule has 2 N–H and O–H groups in total. The molecule has 2 heterocycles. The first-order valence-electron chi connectivity index (χ1n) is 10.7. The number of methoxy groups -OCH3 is 1. The summed E-state index contributed by atoms with van der Waals surface area (Å²) in [5.41, 5.74) is 5.18. The van der Waals surface area contributed by atoms with E-state index >= 15 is 0 Å². The summed E-state index contributed by atoms with van der Waals surface area (Å²) in [5, 5.41) is 16.6. The third-order valence-electron chi connectivity index (χ3n) is 5.20. The van der Waals surface area contributed by atoms with Crippen LogP contribution in [0.4, 0.5) is 11.4 Å². The van der Waals surface area contributed by atoms with Crippen molar-refractivity contribution in [2.45, 2.75) is 0 Å². The van der Waals surface area contributed by atoms with Crippen LogP contribution >= 0.6 is 0 Å². The molecule has 0 aliphatic heterocycles. The highest BCUT2D eigenvalue weighted by molar-refractivity contribution is 5.82. The van der Waals surface area contributed by atoms with Crippen LogP contribution in [0.1, 0.15) is 0 Å². The molecular weight excluding hydrogens is 420 g/mol. The molecular formula is C24H28N6O3. The zero-order chi connectivity index (χ0) is 23.2. The highest BCUT2D eigenvalue weighted by Crippen LogP contribution is 2.34. The molecule has 4 rings (SSSR count). The number of ether oxygens (including phenoxy) is 2. The molecule has 0 atom stereocenters. The Morgan fingerprint density at radius 3 is 2.64 bits per heavy atom. The number of nitrogens with one attached hydrogen (secondary N) is 1. The Kier molecular flexibility index (Phi) is 7.01. The van der Waals surface area contributed by atoms with E-state index in [4.69, 9.17) is 19.6 Å². The molecule has 0 spiro atoms. The van der Waals surface area contributed by atoms with E-state index in [2.05, 4.69) is 20.3 Å². The number of hydrogen-bond donors (Lipinski definition) is 2. The van der Waals surface area contributed by atoms with Gasteiger partial charge in [0.25, 0.3) is 0 Å². The van der Waals surface area contributed by atoms with Crippen molar-refractivity contribution < 1.29 is 14.6 Å². The summed E-state index contributed by atoms with van der Waals surface area (Å²) >= 11 is 0. The van der Waals surface area contributed by atoms with E-state index in [1.807, 2.05) is 50.6 Å². The number of fused-ring (bicyclic) bond motifs is 1. The summed E-state index contributed by atoms with van der Waals surface area (Å²) in [7, 11) is 5.42. The number of benzene rings is 2. The topological polar surface area (TPSA) is 97.6 Å². The Hall–Kier alpha value is -3.69. The lowest BCUT2D eigenvalue weighted by atomic mass is 10.2. The van der Waals surface area contributed by atoms with Crippen LogP contribution in [-0.2, 0) is 7.05 Å². The molecule has 172 valence electrons. The van der Waals surface area contributed by atoms with Gasteiger partial charge in [-0.1, -0.05) is 0 Å². The van der Waals surface area contributed by atoms with Crippen LogP contribution in [0, 0.1) is 0 Å². The van der Waals surface area contributed by atoms with Gasteiger partial charge in [0, 0.05) is 61.5 Å². The minimum Gasteiger partial charge on any atom is -0.497 e. The Bertz CT molecular complexity index is 1230. The van der Waals surface area contributed by atoms with Gasteiger partial charge >= 0.3 is 0 Å². The van der Waals surface area contributed by atoms with Crippen LogP contribution in [0.5, 0.6) is 11.5 Å². The van der Waals surface area contributed by atoms with Crippen LogP contribution in [0.2, 0.25) is 0 Å². The number of aliphatic hydroxyl groups is 1. The second-order valence-electron chi connectivity index (χ2n) is 7.52. The van der Waals surface area contributed by atoms with Crippen molar-refractivity contribution in [1.82, 2.24) is 25.1 Å². The Morgan fingerprint density at radius 2 is 1.91 bits per heavy atom. The molecule has 0 aliphatic rings. The minimum absolute atomic E-state index is 0.0569. The van der Waals surface area contributed by atoms with E-state index in [1.165, 1.54) is 0 Å². The van der Waals surface area contributed by atoms with Gasteiger partial charge in [0.15, 0.2) is 0 Å². The standard InChI is InChI=1S/C24H28N6O3/c1-25-6-7-30(19-10-20(32-3)13-21(11-19)33-9-8-31)18-4-5-22-23(12-18)28-24(15-26-22)17-14-27-29(2)16-17/h4-5,10-16,25,31H,6-9H2,1-3H3. The molecule has 0 bridgehead atoms. The van der Waals surface area contributed by atoms with Gasteiger partial charge in [-0.25, -0.2) is 4.98 Å². The van der Waals surface area contributed by atoms with Gasteiger partial charge in [-0.15, -0.1) is 0 Å². The summed E-state index contributed by atoms with van der Waals surface area (Å²) in [4.78, 5) is 11.6. The number of nitrogens with zero attached hydrogens (tertiary/aromatic N) is 5. The van der Waals surface area contributed by atoms with Crippen LogP contribution in [-0.4, -0.2) is 65.3 Å². The lowest BCUT2D eigenvalue weighted by Gasteiger charge is -2.26. The fourth-order valence-corrected chi connectivity index (χ4v) is 3.57. The van der Waals surface area contributed by atoms with E-state index in [9.17, 15) is 0 Å². The molecule has 2 aromatic heterocycles. The van der Waals surface area contributed by atoms with E-state index in [-0.39, 0.29) is 13.2 Å². The number of aromatic nitrogens is 4. The Morgan fingerprint density at radius 1 is 1.06 bits per heavy atom. The highest BCUT2D eigenvalue weighted by Gasteiger charge is 2.14. The van der Waals surface area contributed by atoms with Crippen LogP contribution in [0.15, 0.2) is 55.0 Å². The molecule has 0 fully saturated rings. The van der Waals surface area contributed by atoms with Crippen molar-refractivity contribution in [3.8, 4) is 22.8 Å². The lowest BCUT2D eigenvalue weighted by Crippen LogP contribution is -2.27. The predicted octanol–water partition coefficient (Wildman–Crippen LogP) is 2.77. The lowest BCUT2D eigenvalue weighted by molar-refractivity contribution is 0.201. The third-order valence-corrected chi connectivity index (χ3v) is 5.20. The second kappa shape index (κ2) is 10.3. The van der Waals surface area contributed by atoms with E-state index < -0.39 is 0 Å². The van der Waals surface area contributed by atoms with Gasteiger partial charge in [0.1, 0.15) is 18.1 Å². The smallest absolute Gasteiger partial charge is 0.125 e. The maximum absolute atomic E-state index is 9.14. The van der Waals surface area contributed by atoms with Gasteiger partial charge < -0.3 is 24.8 Å². The number of hydrogen-bond acceptors (Lipinski definition) is 8. The average molecular weight is 449 g/mol. The van der Waals surface area contributed by atoms with E-state index in [1.54, 1.807) is 30.3 Å². The van der Waals surface area contributed by atoms with Crippen LogP contribution < -0.4 is 19.7 Å². The molecule has 0 saturated carbocycles. The summed E-state index contributed by atoms with van der Waals surface area (Å²) in [6.07, 6.45) is 5.47. The van der Waals surface area contributed by atoms with Gasteiger partial charge in [0.2, 0.25) is 0 Å². The van der Waals surface area contributed by atoms with Crippen molar-refractivity contribution in [2.75, 3.05) is 45.4 Å². The Balaban J connectivity index is 1.75. The van der Waals surface area contributed by atoms with Crippen molar-refractivity contribution >= 4 is 22.4 Å². The number of rotatable bonds is 10.